The Labute approximate surface area is 161 Å². The Kier molecular flexibility index (Phi) is 6.26. The lowest BCUT2D eigenvalue weighted by Gasteiger charge is -2.09. The normalized spacial score (nSPS) is 10.5. The second-order valence-corrected chi connectivity index (χ2v) is 6.03. The molecule has 0 aliphatic carbocycles. The number of halogens is 1. The van der Waals surface area contributed by atoms with Crippen molar-refractivity contribution in [2.45, 2.75) is 20.5 Å². The molecule has 3 aromatic rings. The van der Waals surface area contributed by atoms with Gasteiger partial charge in [-0.3, -0.25) is 0 Å². The first-order chi connectivity index (χ1) is 13.5. The highest BCUT2D eigenvalue weighted by Gasteiger charge is 2.12. The number of benzene rings is 2. The summed E-state index contributed by atoms with van der Waals surface area (Å²) in [6.45, 7) is 3.99. The van der Waals surface area contributed by atoms with Gasteiger partial charge in [0.1, 0.15) is 31.3 Å². The summed E-state index contributed by atoms with van der Waals surface area (Å²) in [5.41, 5.74) is 1.99. The molecule has 0 unspecified atom stereocenters. The summed E-state index contributed by atoms with van der Waals surface area (Å²) in [6.07, 6.45) is 0. The Morgan fingerprint density at radius 1 is 1.07 bits per heavy atom. The van der Waals surface area contributed by atoms with Gasteiger partial charge in [0.15, 0.2) is 11.6 Å². The number of hydrogen-bond acceptors (Lipinski definition) is 6. The highest BCUT2D eigenvalue weighted by Crippen LogP contribution is 2.19. The van der Waals surface area contributed by atoms with Crippen molar-refractivity contribution in [1.82, 2.24) is 5.16 Å². The molecule has 0 radical (unpaired) electrons. The van der Waals surface area contributed by atoms with Crippen molar-refractivity contribution < 1.29 is 27.9 Å². The molecular formula is C21H20FNO5. The fourth-order valence-electron chi connectivity index (χ4n) is 2.51. The summed E-state index contributed by atoms with van der Waals surface area (Å²) in [5.74, 6) is 0.366. The van der Waals surface area contributed by atoms with E-state index in [9.17, 15) is 9.18 Å². The monoisotopic (exact) mass is 385 g/mol. The fraction of sp³-hybridized carbons (Fsp3) is 0.238. The van der Waals surface area contributed by atoms with Crippen LogP contribution in [-0.4, -0.2) is 24.3 Å². The third-order valence-electron chi connectivity index (χ3n) is 4.04. The number of hydrogen-bond donors (Lipinski definition) is 0. The second kappa shape index (κ2) is 9.03. The summed E-state index contributed by atoms with van der Waals surface area (Å²) in [5, 5.41) is 3.88. The van der Waals surface area contributed by atoms with Crippen molar-refractivity contribution >= 4 is 5.97 Å². The van der Waals surface area contributed by atoms with Crippen LogP contribution in [0.4, 0.5) is 4.39 Å². The van der Waals surface area contributed by atoms with Crippen molar-refractivity contribution in [3.63, 3.8) is 0 Å². The van der Waals surface area contributed by atoms with Crippen molar-refractivity contribution in [3.8, 4) is 11.5 Å². The maximum atomic E-state index is 13.5. The zero-order valence-electron chi connectivity index (χ0n) is 15.6. The molecule has 0 saturated heterocycles. The van der Waals surface area contributed by atoms with E-state index in [4.69, 9.17) is 18.7 Å². The molecule has 1 heterocycles. The van der Waals surface area contributed by atoms with Crippen LogP contribution < -0.4 is 9.47 Å². The number of ether oxygens (including phenoxy) is 3. The van der Waals surface area contributed by atoms with Crippen molar-refractivity contribution in [2.75, 3.05) is 13.2 Å². The maximum Gasteiger partial charge on any atom is 0.338 e. The minimum Gasteiger partial charge on any atom is -0.489 e. The van der Waals surface area contributed by atoms with Gasteiger partial charge in [0, 0.05) is 0 Å². The molecule has 0 amide bonds. The van der Waals surface area contributed by atoms with Gasteiger partial charge < -0.3 is 18.7 Å². The average Bonchev–Trinajstić information content (AvgIpc) is 3.02. The lowest BCUT2D eigenvalue weighted by atomic mass is 10.2. The fourth-order valence-corrected chi connectivity index (χ4v) is 2.51. The molecule has 146 valence electrons. The summed E-state index contributed by atoms with van der Waals surface area (Å²) in [4.78, 5) is 12.2. The van der Waals surface area contributed by atoms with E-state index in [0.717, 1.165) is 11.3 Å². The van der Waals surface area contributed by atoms with Crippen LogP contribution in [-0.2, 0) is 11.3 Å². The molecule has 28 heavy (non-hydrogen) atoms. The number of esters is 1. The second-order valence-electron chi connectivity index (χ2n) is 6.03. The van der Waals surface area contributed by atoms with E-state index in [2.05, 4.69) is 5.16 Å². The zero-order chi connectivity index (χ0) is 19.9. The number of aromatic nitrogens is 1. The highest BCUT2D eigenvalue weighted by atomic mass is 19.1. The molecule has 0 saturated carbocycles. The van der Waals surface area contributed by atoms with E-state index in [1.54, 1.807) is 36.4 Å². The van der Waals surface area contributed by atoms with Gasteiger partial charge in [-0.25, -0.2) is 9.18 Å². The number of nitrogens with zero attached hydrogens (tertiary/aromatic N) is 1. The van der Waals surface area contributed by atoms with E-state index in [1.807, 2.05) is 13.8 Å². The summed E-state index contributed by atoms with van der Waals surface area (Å²) in [7, 11) is 0. The van der Waals surface area contributed by atoms with Crippen LogP contribution in [0.15, 0.2) is 53.1 Å². The number of para-hydroxylation sites is 1. The van der Waals surface area contributed by atoms with Crippen LogP contribution in [0.3, 0.4) is 0 Å². The number of rotatable bonds is 8. The van der Waals surface area contributed by atoms with Gasteiger partial charge >= 0.3 is 5.97 Å². The van der Waals surface area contributed by atoms with Crippen LogP contribution >= 0.6 is 0 Å². The Bertz CT molecular complexity index is 934. The minimum absolute atomic E-state index is 0.00265. The van der Waals surface area contributed by atoms with Crippen LogP contribution in [0.1, 0.15) is 27.4 Å². The number of carbonyl (C=O) groups excluding carboxylic acids is 1. The Balaban J connectivity index is 1.50. The summed E-state index contributed by atoms with van der Waals surface area (Å²) < 4.78 is 34.7. The molecule has 0 fully saturated rings. The third kappa shape index (κ3) is 4.88. The molecule has 6 nitrogen and oxygen atoms in total. The van der Waals surface area contributed by atoms with E-state index in [1.165, 1.54) is 12.1 Å². The van der Waals surface area contributed by atoms with Gasteiger partial charge in [-0.1, -0.05) is 23.4 Å². The van der Waals surface area contributed by atoms with E-state index in [-0.39, 0.29) is 25.6 Å². The molecule has 0 N–H and O–H groups in total. The summed E-state index contributed by atoms with van der Waals surface area (Å²) >= 11 is 0. The highest BCUT2D eigenvalue weighted by molar-refractivity contribution is 5.89. The number of aryl methyl sites for hydroxylation is 2. The molecule has 3 rings (SSSR count). The van der Waals surface area contributed by atoms with Gasteiger partial charge in [0.25, 0.3) is 0 Å². The topological polar surface area (TPSA) is 70.8 Å². The molecular weight excluding hydrogens is 365 g/mol. The Morgan fingerprint density at radius 2 is 1.89 bits per heavy atom. The van der Waals surface area contributed by atoms with E-state index in [0.29, 0.717) is 17.1 Å². The predicted molar refractivity (Wildman–Crippen MR) is 98.9 cm³/mol. The first kappa shape index (κ1) is 19.4. The molecule has 0 aliphatic rings. The Morgan fingerprint density at radius 3 is 2.64 bits per heavy atom. The Hall–Kier alpha value is -3.35. The molecule has 0 aliphatic heterocycles. The van der Waals surface area contributed by atoms with Gasteiger partial charge in [-0.15, -0.1) is 0 Å². The standard InChI is InChI=1S/C21H20FNO5/c1-14-18(15(2)28-23-14)13-27-17-7-5-6-16(12-17)21(24)26-11-10-25-20-9-4-3-8-19(20)22/h3-9,12H,10-11,13H2,1-2H3. The minimum atomic E-state index is -0.514. The van der Waals surface area contributed by atoms with Crippen LogP contribution in [0.25, 0.3) is 0 Å². The van der Waals surface area contributed by atoms with Crippen LogP contribution in [0, 0.1) is 19.7 Å². The molecule has 0 atom stereocenters. The largest absolute Gasteiger partial charge is 0.489 e. The lowest BCUT2D eigenvalue weighted by molar-refractivity contribution is 0.0448. The predicted octanol–water partition coefficient (Wildman–Crippen LogP) is 4.25. The van der Waals surface area contributed by atoms with E-state index < -0.39 is 11.8 Å². The molecule has 1 aromatic heterocycles. The molecule has 2 aromatic carbocycles. The first-order valence-corrected chi connectivity index (χ1v) is 8.73. The SMILES string of the molecule is Cc1noc(C)c1COc1cccc(C(=O)OCCOc2ccccc2F)c1. The third-order valence-corrected chi connectivity index (χ3v) is 4.04. The van der Waals surface area contributed by atoms with E-state index >= 15 is 0 Å². The van der Waals surface area contributed by atoms with Gasteiger partial charge in [0.05, 0.1) is 16.8 Å². The maximum absolute atomic E-state index is 13.5. The van der Waals surface area contributed by atoms with Crippen molar-refractivity contribution in [1.29, 1.82) is 0 Å². The molecule has 7 heteroatoms. The quantitative estimate of drug-likeness (QED) is 0.427. The van der Waals surface area contributed by atoms with Crippen molar-refractivity contribution in [2.24, 2.45) is 0 Å². The average molecular weight is 385 g/mol. The van der Waals surface area contributed by atoms with Gasteiger partial charge in [-0.05, 0) is 44.2 Å². The molecule has 0 bridgehead atoms. The van der Waals surface area contributed by atoms with Crippen LogP contribution in [0.5, 0.6) is 11.5 Å². The number of carbonyl (C=O) groups is 1. The molecule has 0 spiro atoms. The van der Waals surface area contributed by atoms with Gasteiger partial charge in [-0.2, -0.15) is 0 Å². The smallest absolute Gasteiger partial charge is 0.338 e. The lowest BCUT2D eigenvalue weighted by Crippen LogP contribution is -2.13. The first-order valence-electron chi connectivity index (χ1n) is 8.73. The zero-order valence-corrected chi connectivity index (χ0v) is 15.6. The van der Waals surface area contributed by atoms with Gasteiger partial charge in [0.2, 0.25) is 0 Å². The summed E-state index contributed by atoms with van der Waals surface area (Å²) in [6, 6.07) is 12.7. The van der Waals surface area contributed by atoms with Crippen LogP contribution in [0.2, 0.25) is 0 Å². The van der Waals surface area contributed by atoms with Crippen molar-refractivity contribution in [3.05, 3.63) is 76.9 Å².